The van der Waals surface area contributed by atoms with Crippen LogP contribution in [-0.2, 0) is 9.84 Å². The number of hydrogen-bond acceptors (Lipinski definition) is 4. The van der Waals surface area contributed by atoms with Crippen LogP contribution in [0.25, 0.3) is 0 Å². The SMILES string of the molecule is C[C@H](O)CSCCS(C)(=O)=O. The van der Waals surface area contributed by atoms with Crippen molar-refractivity contribution in [3.63, 3.8) is 0 Å². The molecule has 0 saturated carbocycles. The maximum Gasteiger partial charge on any atom is 0.148 e. The zero-order valence-electron chi connectivity index (χ0n) is 6.78. The van der Waals surface area contributed by atoms with Crippen molar-refractivity contribution >= 4 is 21.6 Å². The van der Waals surface area contributed by atoms with E-state index in [1.807, 2.05) is 0 Å². The van der Waals surface area contributed by atoms with Crippen LogP contribution >= 0.6 is 11.8 Å². The lowest BCUT2D eigenvalue weighted by Crippen LogP contribution is -2.08. The summed E-state index contributed by atoms with van der Waals surface area (Å²) in [7, 11) is -2.82. The van der Waals surface area contributed by atoms with Crippen LogP contribution in [-0.4, -0.2) is 43.1 Å². The fourth-order valence-electron chi connectivity index (χ4n) is 0.464. The van der Waals surface area contributed by atoms with Gasteiger partial charge in [0.1, 0.15) is 9.84 Å². The van der Waals surface area contributed by atoms with Gasteiger partial charge in [-0.3, -0.25) is 0 Å². The fraction of sp³-hybridized carbons (Fsp3) is 1.00. The van der Waals surface area contributed by atoms with Gasteiger partial charge in [0.25, 0.3) is 0 Å². The van der Waals surface area contributed by atoms with Gasteiger partial charge in [0.05, 0.1) is 11.9 Å². The number of sulfone groups is 1. The molecule has 0 spiro atoms. The lowest BCUT2D eigenvalue weighted by molar-refractivity contribution is 0.220. The Morgan fingerprint density at radius 1 is 1.55 bits per heavy atom. The number of thioether (sulfide) groups is 1. The first-order chi connectivity index (χ1) is 4.92. The molecule has 1 N–H and O–H groups in total. The van der Waals surface area contributed by atoms with Gasteiger partial charge in [0.2, 0.25) is 0 Å². The highest BCUT2D eigenvalue weighted by molar-refractivity contribution is 8.00. The van der Waals surface area contributed by atoms with E-state index < -0.39 is 9.84 Å². The second kappa shape index (κ2) is 5.00. The van der Waals surface area contributed by atoms with E-state index in [0.717, 1.165) is 0 Å². The summed E-state index contributed by atoms with van der Waals surface area (Å²) in [6, 6.07) is 0. The number of aliphatic hydroxyl groups excluding tert-OH is 1. The lowest BCUT2D eigenvalue weighted by atomic mass is 10.5. The second-order valence-electron chi connectivity index (χ2n) is 2.55. The number of aliphatic hydroxyl groups is 1. The molecule has 0 saturated heterocycles. The predicted molar refractivity (Wildman–Crippen MR) is 48.7 cm³/mol. The molecule has 0 fully saturated rings. The molecule has 11 heavy (non-hydrogen) atoms. The molecule has 0 unspecified atom stereocenters. The van der Waals surface area contributed by atoms with Gasteiger partial charge in [-0.05, 0) is 6.92 Å². The van der Waals surface area contributed by atoms with Crippen LogP contribution in [0.2, 0.25) is 0 Å². The molecular formula is C6H14O3S2. The summed E-state index contributed by atoms with van der Waals surface area (Å²) in [6.45, 7) is 1.69. The van der Waals surface area contributed by atoms with Crippen LogP contribution < -0.4 is 0 Å². The first-order valence-corrected chi connectivity index (χ1v) is 6.57. The van der Waals surface area contributed by atoms with E-state index >= 15 is 0 Å². The molecule has 0 aliphatic heterocycles. The molecule has 1 atom stereocenters. The molecule has 0 rings (SSSR count). The molecule has 0 aromatic rings. The summed E-state index contributed by atoms with van der Waals surface area (Å²) in [4.78, 5) is 0. The van der Waals surface area contributed by atoms with E-state index in [0.29, 0.717) is 11.5 Å². The average molecular weight is 198 g/mol. The van der Waals surface area contributed by atoms with E-state index in [-0.39, 0.29) is 11.9 Å². The van der Waals surface area contributed by atoms with Crippen molar-refractivity contribution < 1.29 is 13.5 Å². The van der Waals surface area contributed by atoms with Gasteiger partial charge in [0.15, 0.2) is 0 Å². The Morgan fingerprint density at radius 3 is 2.45 bits per heavy atom. The van der Waals surface area contributed by atoms with Crippen LogP contribution in [0.3, 0.4) is 0 Å². The third-order valence-corrected chi connectivity index (χ3v) is 3.37. The Hall–Kier alpha value is 0.260. The van der Waals surface area contributed by atoms with Crippen molar-refractivity contribution in [3.8, 4) is 0 Å². The third kappa shape index (κ3) is 10.3. The van der Waals surface area contributed by atoms with E-state index in [4.69, 9.17) is 5.11 Å². The molecule has 0 aliphatic rings. The Labute approximate surface area is 72.1 Å². The molecular weight excluding hydrogens is 184 g/mol. The molecule has 3 nitrogen and oxygen atoms in total. The van der Waals surface area contributed by atoms with E-state index in [2.05, 4.69) is 0 Å². The first-order valence-electron chi connectivity index (χ1n) is 3.35. The Kier molecular flexibility index (Phi) is 5.12. The van der Waals surface area contributed by atoms with Crippen molar-refractivity contribution in [2.75, 3.05) is 23.5 Å². The molecule has 0 aromatic carbocycles. The minimum Gasteiger partial charge on any atom is -0.393 e. The molecule has 0 amide bonds. The lowest BCUT2D eigenvalue weighted by Gasteiger charge is -2.02. The maximum absolute atomic E-state index is 10.6. The van der Waals surface area contributed by atoms with Gasteiger partial charge in [-0.2, -0.15) is 11.8 Å². The fourth-order valence-corrected chi connectivity index (χ4v) is 2.65. The summed E-state index contributed by atoms with van der Waals surface area (Å²) in [5.41, 5.74) is 0. The summed E-state index contributed by atoms with van der Waals surface area (Å²) in [5, 5.41) is 8.81. The maximum atomic E-state index is 10.6. The monoisotopic (exact) mass is 198 g/mol. The predicted octanol–water partition coefficient (Wildman–Crippen LogP) is 0.145. The van der Waals surface area contributed by atoms with Crippen LogP contribution in [0, 0.1) is 0 Å². The van der Waals surface area contributed by atoms with Crippen molar-refractivity contribution in [1.82, 2.24) is 0 Å². The Bertz CT molecular complexity index is 184. The quantitative estimate of drug-likeness (QED) is 0.639. The van der Waals surface area contributed by atoms with Crippen molar-refractivity contribution in [3.05, 3.63) is 0 Å². The van der Waals surface area contributed by atoms with Gasteiger partial charge < -0.3 is 5.11 Å². The average Bonchev–Trinajstić information content (AvgIpc) is 1.78. The van der Waals surface area contributed by atoms with Gasteiger partial charge in [-0.1, -0.05) is 0 Å². The van der Waals surface area contributed by atoms with Crippen LogP contribution in [0.15, 0.2) is 0 Å². The topological polar surface area (TPSA) is 54.4 Å². The van der Waals surface area contributed by atoms with Crippen LogP contribution in [0.1, 0.15) is 6.92 Å². The highest BCUT2D eigenvalue weighted by Crippen LogP contribution is 2.03. The first kappa shape index (κ1) is 11.3. The Balaban J connectivity index is 3.30. The zero-order chi connectivity index (χ0) is 8.91. The highest BCUT2D eigenvalue weighted by Gasteiger charge is 2.02. The molecule has 0 aliphatic carbocycles. The van der Waals surface area contributed by atoms with Crippen molar-refractivity contribution in [2.45, 2.75) is 13.0 Å². The number of hydrogen-bond donors (Lipinski definition) is 1. The minimum atomic E-state index is -2.82. The van der Waals surface area contributed by atoms with Gasteiger partial charge in [-0.25, -0.2) is 8.42 Å². The highest BCUT2D eigenvalue weighted by atomic mass is 32.2. The molecule has 0 radical (unpaired) electrons. The molecule has 68 valence electrons. The smallest absolute Gasteiger partial charge is 0.148 e. The second-order valence-corrected chi connectivity index (χ2v) is 5.96. The summed E-state index contributed by atoms with van der Waals surface area (Å²) >= 11 is 1.46. The van der Waals surface area contributed by atoms with E-state index in [9.17, 15) is 8.42 Å². The van der Waals surface area contributed by atoms with E-state index in [1.165, 1.54) is 18.0 Å². The van der Waals surface area contributed by atoms with Gasteiger partial charge in [0, 0.05) is 17.8 Å². The normalized spacial score (nSPS) is 14.8. The Morgan fingerprint density at radius 2 is 2.09 bits per heavy atom. The van der Waals surface area contributed by atoms with Crippen LogP contribution in [0.4, 0.5) is 0 Å². The summed E-state index contributed by atoms with van der Waals surface area (Å²) in [6.07, 6.45) is 0.871. The van der Waals surface area contributed by atoms with Crippen molar-refractivity contribution in [2.24, 2.45) is 0 Å². The molecule has 5 heteroatoms. The summed E-state index contributed by atoms with van der Waals surface area (Å²) < 4.78 is 21.2. The molecule has 0 heterocycles. The molecule has 0 bridgehead atoms. The molecule has 0 aromatic heterocycles. The standard InChI is InChI=1S/C6H14O3S2/c1-6(7)5-10-3-4-11(2,8)9/h6-7H,3-5H2,1-2H3/t6-/m0/s1. The minimum absolute atomic E-state index is 0.199. The largest absolute Gasteiger partial charge is 0.393 e. The van der Waals surface area contributed by atoms with Crippen molar-refractivity contribution in [1.29, 1.82) is 0 Å². The summed E-state index contributed by atoms with van der Waals surface area (Å²) in [5.74, 6) is 1.38. The third-order valence-electron chi connectivity index (χ3n) is 0.958. The van der Waals surface area contributed by atoms with Crippen LogP contribution in [0.5, 0.6) is 0 Å². The van der Waals surface area contributed by atoms with Gasteiger partial charge in [-0.15, -0.1) is 0 Å². The van der Waals surface area contributed by atoms with E-state index in [1.54, 1.807) is 6.92 Å². The number of rotatable bonds is 5. The van der Waals surface area contributed by atoms with Gasteiger partial charge >= 0.3 is 0 Å². The zero-order valence-corrected chi connectivity index (χ0v) is 8.41.